The molecule has 2 aromatic heterocycles. The van der Waals surface area contributed by atoms with Gasteiger partial charge in [0.1, 0.15) is 5.01 Å². The van der Waals surface area contributed by atoms with Gasteiger partial charge in [0.2, 0.25) is 0 Å². The minimum Gasteiger partial charge on any atom is -0.381 e. The van der Waals surface area contributed by atoms with E-state index in [0.717, 1.165) is 10.7 Å². The van der Waals surface area contributed by atoms with Gasteiger partial charge < -0.3 is 5.73 Å². The van der Waals surface area contributed by atoms with Crippen molar-refractivity contribution < 1.29 is 0 Å². The van der Waals surface area contributed by atoms with E-state index < -0.39 is 0 Å². The Kier molecular flexibility index (Phi) is 2.67. The Bertz CT molecular complexity index is 466. The number of nitrogen functional groups attached to an aromatic ring is 1. The molecule has 0 amide bonds. The summed E-state index contributed by atoms with van der Waals surface area (Å²) in [6.07, 6.45) is 1.79. The van der Waals surface area contributed by atoms with E-state index in [9.17, 15) is 0 Å². The zero-order valence-electron chi connectivity index (χ0n) is 9.64. The molecule has 0 aliphatic rings. The van der Waals surface area contributed by atoms with Gasteiger partial charge in [0.25, 0.3) is 0 Å². The first-order chi connectivity index (χ1) is 7.48. The molecule has 0 unspecified atom stereocenters. The highest BCUT2D eigenvalue weighted by molar-refractivity contribution is 7.09. The molecule has 2 aromatic rings. The molecule has 6 heteroatoms. The normalized spacial score (nSPS) is 11.9. The van der Waals surface area contributed by atoms with E-state index in [1.54, 1.807) is 17.5 Å². The SMILES string of the molecule is CC(C)(C)c1c(N)nnn1Cc1nccs1. The van der Waals surface area contributed by atoms with Crippen LogP contribution in [0.5, 0.6) is 0 Å². The number of hydrogen-bond donors (Lipinski definition) is 1. The molecule has 86 valence electrons. The summed E-state index contributed by atoms with van der Waals surface area (Å²) in [7, 11) is 0. The van der Waals surface area contributed by atoms with Gasteiger partial charge in [-0.05, 0) is 0 Å². The van der Waals surface area contributed by atoms with Gasteiger partial charge in [-0.15, -0.1) is 16.4 Å². The van der Waals surface area contributed by atoms with Crippen LogP contribution in [0.25, 0.3) is 0 Å². The number of nitrogens with two attached hydrogens (primary N) is 1. The van der Waals surface area contributed by atoms with Crippen LogP contribution in [0.2, 0.25) is 0 Å². The van der Waals surface area contributed by atoms with Crippen LogP contribution < -0.4 is 5.73 Å². The standard InChI is InChI=1S/C10H15N5S/c1-10(2,3)8-9(11)13-14-15(8)6-7-12-4-5-16-7/h4-5H,6,11H2,1-3H3. The summed E-state index contributed by atoms with van der Waals surface area (Å²) < 4.78 is 1.83. The van der Waals surface area contributed by atoms with Crippen molar-refractivity contribution in [3.05, 3.63) is 22.3 Å². The number of nitrogens with zero attached hydrogens (tertiary/aromatic N) is 4. The number of rotatable bonds is 2. The van der Waals surface area contributed by atoms with Gasteiger partial charge in [-0.2, -0.15) is 0 Å². The molecule has 0 bridgehead atoms. The van der Waals surface area contributed by atoms with Crippen molar-refractivity contribution >= 4 is 17.2 Å². The zero-order chi connectivity index (χ0) is 11.8. The van der Waals surface area contributed by atoms with Gasteiger partial charge in [0.15, 0.2) is 5.82 Å². The Morgan fingerprint density at radius 2 is 2.19 bits per heavy atom. The lowest BCUT2D eigenvalue weighted by molar-refractivity contribution is 0.502. The molecule has 0 aliphatic carbocycles. The molecule has 0 spiro atoms. The molecule has 2 N–H and O–H groups in total. The Hall–Kier alpha value is -1.43. The molecule has 0 saturated heterocycles. The van der Waals surface area contributed by atoms with Crippen molar-refractivity contribution in [2.45, 2.75) is 32.7 Å². The molecule has 16 heavy (non-hydrogen) atoms. The predicted octanol–water partition coefficient (Wildman–Crippen LogP) is 1.66. The van der Waals surface area contributed by atoms with Crippen LogP contribution in [0.4, 0.5) is 5.82 Å². The van der Waals surface area contributed by atoms with Crippen LogP contribution in [0.1, 0.15) is 31.5 Å². The van der Waals surface area contributed by atoms with Crippen molar-refractivity contribution in [1.82, 2.24) is 20.0 Å². The highest BCUT2D eigenvalue weighted by Crippen LogP contribution is 2.26. The second-order valence-corrected chi connectivity index (χ2v) is 5.64. The zero-order valence-corrected chi connectivity index (χ0v) is 10.5. The van der Waals surface area contributed by atoms with E-state index in [4.69, 9.17) is 5.73 Å². The fourth-order valence-corrected chi connectivity index (χ4v) is 2.27. The third-order valence-corrected chi connectivity index (χ3v) is 3.00. The molecule has 2 heterocycles. The van der Waals surface area contributed by atoms with Crippen LogP contribution in [0.15, 0.2) is 11.6 Å². The molecule has 2 rings (SSSR count). The maximum atomic E-state index is 5.85. The minimum atomic E-state index is -0.0646. The maximum absolute atomic E-state index is 5.85. The lowest BCUT2D eigenvalue weighted by atomic mass is 9.92. The molecule has 0 aliphatic heterocycles. The van der Waals surface area contributed by atoms with Gasteiger partial charge in [0.05, 0.1) is 12.2 Å². The van der Waals surface area contributed by atoms with Gasteiger partial charge in [-0.1, -0.05) is 26.0 Å². The number of aromatic nitrogens is 4. The molecule has 5 nitrogen and oxygen atoms in total. The van der Waals surface area contributed by atoms with Crippen LogP contribution in [-0.2, 0) is 12.0 Å². The van der Waals surface area contributed by atoms with Gasteiger partial charge in [-0.25, -0.2) is 9.67 Å². The monoisotopic (exact) mass is 237 g/mol. The number of thiazole rings is 1. The molecule has 0 saturated carbocycles. The van der Waals surface area contributed by atoms with E-state index in [2.05, 4.69) is 36.1 Å². The van der Waals surface area contributed by atoms with Crippen molar-refractivity contribution in [3.63, 3.8) is 0 Å². The summed E-state index contributed by atoms with van der Waals surface area (Å²) in [4.78, 5) is 4.23. The molecular formula is C10H15N5S. The summed E-state index contributed by atoms with van der Waals surface area (Å²) in [6.45, 7) is 6.93. The average molecular weight is 237 g/mol. The van der Waals surface area contributed by atoms with Gasteiger partial charge in [-0.3, -0.25) is 0 Å². The summed E-state index contributed by atoms with van der Waals surface area (Å²) in [6, 6.07) is 0. The van der Waals surface area contributed by atoms with Crippen LogP contribution in [-0.4, -0.2) is 20.0 Å². The van der Waals surface area contributed by atoms with Crippen LogP contribution in [0, 0.1) is 0 Å². The fourth-order valence-electron chi connectivity index (χ4n) is 1.67. The largest absolute Gasteiger partial charge is 0.381 e. The van der Waals surface area contributed by atoms with E-state index in [0.29, 0.717) is 12.4 Å². The van der Waals surface area contributed by atoms with Crippen molar-refractivity contribution in [2.75, 3.05) is 5.73 Å². The molecular weight excluding hydrogens is 222 g/mol. The second-order valence-electron chi connectivity index (χ2n) is 4.66. The van der Waals surface area contributed by atoms with Crippen molar-refractivity contribution in [1.29, 1.82) is 0 Å². The van der Waals surface area contributed by atoms with Crippen molar-refractivity contribution in [3.8, 4) is 0 Å². The van der Waals surface area contributed by atoms with E-state index in [1.807, 2.05) is 10.1 Å². The smallest absolute Gasteiger partial charge is 0.169 e. The Morgan fingerprint density at radius 1 is 1.44 bits per heavy atom. The summed E-state index contributed by atoms with van der Waals surface area (Å²) in [5, 5.41) is 11.0. The molecule has 0 fully saturated rings. The quantitative estimate of drug-likeness (QED) is 0.862. The minimum absolute atomic E-state index is 0.0646. The molecule has 0 radical (unpaired) electrons. The van der Waals surface area contributed by atoms with E-state index in [1.165, 1.54) is 0 Å². The highest BCUT2D eigenvalue weighted by Gasteiger charge is 2.24. The Balaban J connectivity index is 2.35. The average Bonchev–Trinajstić information content (AvgIpc) is 2.75. The first-order valence-electron chi connectivity index (χ1n) is 5.06. The third-order valence-electron chi connectivity index (χ3n) is 2.24. The predicted molar refractivity (Wildman–Crippen MR) is 64.4 cm³/mol. The van der Waals surface area contributed by atoms with E-state index >= 15 is 0 Å². The highest BCUT2D eigenvalue weighted by atomic mass is 32.1. The van der Waals surface area contributed by atoms with Crippen molar-refractivity contribution in [2.24, 2.45) is 0 Å². The molecule has 0 aromatic carbocycles. The summed E-state index contributed by atoms with van der Waals surface area (Å²) in [5.41, 5.74) is 6.74. The third kappa shape index (κ3) is 2.06. The van der Waals surface area contributed by atoms with Crippen LogP contribution >= 0.6 is 11.3 Å². The lowest BCUT2D eigenvalue weighted by Gasteiger charge is -2.19. The second kappa shape index (κ2) is 3.86. The summed E-state index contributed by atoms with van der Waals surface area (Å²) in [5.74, 6) is 0.504. The number of anilines is 1. The topological polar surface area (TPSA) is 69.6 Å². The first-order valence-corrected chi connectivity index (χ1v) is 5.94. The van der Waals surface area contributed by atoms with Crippen LogP contribution in [0.3, 0.4) is 0 Å². The molecule has 0 atom stereocenters. The Labute approximate surface area is 98.3 Å². The van der Waals surface area contributed by atoms with Gasteiger partial charge >= 0.3 is 0 Å². The van der Waals surface area contributed by atoms with Gasteiger partial charge in [0, 0.05) is 17.0 Å². The first kappa shape index (κ1) is 11.1. The number of hydrogen-bond acceptors (Lipinski definition) is 5. The lowest BCUT2D eigenvalue weighted by Crippen LogP contribution is -2.20. The van der Waals surface area contributed by atoms with E-state index in [-0.39, 0.29) is 5.41 Å². The fraction of sp³-hybridized carbons (Fsp3) is 0.500. The Morgan fingerprint density at radius 3 is 2.75 bits per heavy atom. The maximum Gasteiger partial charge on any atom is 0.169 e. The summed E-state index contributed by atoms with van der Waals surface area (Å²) >= 11 is 1.61.